The van der Waals surface area contributed by atoms with E-state index < -0.39 is 17.6 Å². The molecule has 0 fully saturated rings. The minimum Gasteiger partial charge on any atom is -0.478 e. The fourth-order valence-electron chi connectivity index (χ4n) is 1.57. The quantitative estimate of drug-likeness (QED) is 0.586. The van der Waals surface area contributed by atoms with Gasteiger partial charge in [-0.05, 0) is 40.2 Å². The minimum atomic E-state index is -1.11. The first-order valence-electron chi connectivity index (χ1n) is 5.43. The molecule has 0 aliphatic heterocycles. The van der Waals surface area contributed by atoms with Crippen LogP contribution in [0.4, 0.5) is 25.8 Å². The molecule has 0 atom stereocenters. The van der Waals surface area contributed by atoms with Crippen LogP contribution in [-0.4, -0.2) is 11.1 Å². The van der Waals surface area contributed by atoms with E-state index in [1.165, 1.54) is 24.3 Å². The van der Waals surface area contributed by atoms with E-state index in [1.54, 1.807) is 0 Å². The van der Waals surface area contributed by atoms with Crippen molar-refractivity contribution >= 4 is 39.0 Å². The average molecular weight is 343 g/mol. The zero-order valence-electron chi connectivity index (χ0n) is 9.95. The zero-order chi connectivity index (χ0) is 14.9. The van der Waals surface area contributed by atoms with Gasteiger partial charge in [0.15, 0.2) is 0 Å². The van der Waals surface area contributed by atoms with E-state index in [0.717, 1.165) is 6.07 Å². The van der Waals surface area contributed by atoms with E-state index in [0.29, 0.717) is 5.69 Å². The maximum absolute atomic E-state index is 13.6. The first-order chi connectivity index (χ1) is 9.38. The molecule has 2 rings (SSSR count). The smallest absolute Gasteiger partial charge is 0.335 e. The SMILES string of the molecule is Nc1cc(C(=O)O)ccc1Nc1cc(Br)c(F)cc1F. The highest BCUT2D eigenvalue weighted by Gasteiger charge is 2.11. The van der Waals surface area contributed by atoms with Crippen molar-refractivity contribution in [2.24, 2.45) is 0 Å². The summed E-state index contributed by atoms with van der Waals surface area (Å²) >= 11 is 2.95. The molecule has 20 heavy (non-hydrogen) atoms. The number of nitrogens with one attached hydrogen (secondary N) is 1. The van der Waals surface area contributed by atoms with Crippen LogP contribution < -0.4 is 11.1 Å². The fraction of sp³-hybridized carbons (Fsp3) is 0. The van der Waals surface area contributed by atoms with Gasteiger partial charge in [-0.3, -0.25) is 0 Å². The lowest BCUT2D eigenvalue weighted by Crippen LogP contribution is -2.02. The van der Waals surface area contributed by atoms with Crippen LogP contribution in [0.5, 0.6) is 0 Å². The molecule has 4 nitrogen and oxygen atoms in total. The number of benzene rings is 2. The van der Waals surface area contributed by atoms with E-state index in [1.807, 2.05) is 0 Å². The molecule has 0 unspecified atom stereocenters. The number of hydrogen-bond donors (Lipinski definition) is 3. The van der Waals surface area contributed by atoms with Gasteiger partial charge in [0.25, 0.3) is 0 Å². The molecule has 0 aliphatic carbocycles. The van der Waals surface area contributed by atoms with Gasteiger partial charge in [0.05, 0.1) is 27.1 Å². The normalized spacial score (nSPS) is 10.3. The van der Waals surface area contributed by atoms with Crippen molar-refractivity contribution in [1.29, 1.82) is 0 Å². The Hall–Kier alpha value is -2.15. The van der Waals surface area contributed by atoms with Crippen molar-refractivity contribution in [2.45, 2.75) is 0 Å². The Kier molecular flexibility index (Phi) is 3.89. The first-order valence-corrected chi connectivity index (χ1v) is 6.22. The van der Waals surface area contributed by atoms with Gasteiger partial charge >= 0.3 is 5.97 Å². The van der Waals surface area contributed by atoms with Crippen LogP contribution in [0, 0.1) is 11.6 Å². The number of carboxylic acids is 1. The Labute approximate surface area is 121 Å². The fourth-order valence-corrected chi connectivity index (χ4v) is 1.92. The summed E-state index contributed by atoms with van der Waals surface area (Å²) in [7, 11) is 0. The zero-order valence-corrected chi connectivity index (χ0v) is 11.5. The van der Waals surface area contributed by atoms with Crippen LogP contribution in [0.1, 0.15) is 10.4 Å². The van der Waals surface area contributed by atoms with E-state index >= 15 is 0 Å². The van der Waals surface area contributed by atoms with Gasteiger partial charge in [0, 0.05) is 6.07 Å². The highest BCUT2D eigenvalue weighted by atomic mass is 79.9. The largest absolute Gasteiger partial charge is 0.478 e. The van der Waals surface area contributed by atoms with E-state index in [2.05, 4.69) is 21.2 Å². The summed E-state index contributed by atoms with van der Waals surface area (Å²) in [5.74, 6) is -2.62. The number of nitrogen functional groups attached to an aromatic ring is 1. The van der Waals surface area contributed by atoms with E-state index in [9.17, 15) is 13.6 Å². The van der Waals surface area contributed by atoms with Gasteiger partial charge in [-0.15, -0.1) is 0 Å². The lowest BCUT2D eigenvalue weighted by Gasteiger charge is -2.11. The predicted octanol–water partition coefficient (Wildman–Crippen LogP) is 3.75. The predicted molar refractivity (Wildman–Crippen MR) is 75.2 cm³/mol. The molecule has 0 saturated carbocycles. The van der Waals surface area contributed by atoms with Gasteiger partial charge in [-0.1, -0.05) is 0 Å². The molecule has 0 heterocycles. The Morgan fingerprint density at radius 3 is 2.45 bits per heavy atom. The average Bonchev–Trinajstić information content (AvgIpc) is 2.37. The number of carboxylic acid groups (broad SMARTS) is 1. The van der Waals surface area contributed by atoms with Crippen LogP contribution in [0.2, 0.25) is 0 Å². The summed E-state index contributed by atoms with van der Waals surface area (Å²) in [5, 5.41) is 11.5. The molecule has 4 N–H and O–H groups in total. The van der Waals surface area contributed by atoms with Gasteiger partial charge in [0.2, 0.25) is 0 Å². The van der Waals surface area contributed by atoms with Crippen LogP contribution >= 0.6 is 15.9 Å². The molecule has 0 amide bonds. The minimum absolute atomic E-state index is 0.0213. The van der Waals surface area contributed by atoms with Gasteiger partial charge in [-0.25, -0.2) is 13.6 Å². The third kappa shape index (κ3) is 2.88. The van der Waals surface area contributed by atoms with Crippen molar-refractivity contribution in [3.05, 3.63) is 52.0 Å². The molecule has 104 valence electrons. The van der Waals surface area contributed by atoms with Gasteiger partial charge in [0.1, 0.15) is 11.6 Å². The molecular formula is C13H9BrF2N2O2. The number of aromatic carboxylic acids is 1. The second kappa shape index (κ2) is 5.46. The summed E-state index contributed by atoms with van der Waals surface area (Å²) < 4.78 is 26.8. The van der Waals surface area contributed by atoms with Crippen molar-refractivity contribution in [3.8, 4) is 0 Å². The Balaban J connectivity index is 2.35. The molecule has 0 bridgehead atoms. The number of anilines is 3. The number of rotatable bonds is 3. The topological polar surface area (TPSA) is 75.4 Å². The van der Waals surface area contributed by atoms with Crippen molar-refractivity contribution in [2.75, 3.05) is 11.1 Å². The molecule has 0 aromatic heterocycles. The Bertz CT molecular complexity index is 692. The maximum Gasteiger partial charge on any atom is 0.335 e. The third-order valence-electron chi connectivity index (χ3n) is 2.58. The van der Waals surface area contributed by atoms with Crippen LogP contribution in [0.25, 0.3) is 0 Å². The summed E-state index contributed by atoms with van der Waals surface area (Å²) in [4.78, 5) is 10.8. The third-order valence-corrected chi connectivity index (χ3v) is 3.19. The monoisotopic (exact) mass is 342 g/mol. The van der Waals surface area contributed by atoms with Gasteiger partial charge < -0.3 is 16.2 Å². The summed E-state index contributed by atoms with van der Waals surface area (Å²) in [6.07, 6.45) is 0. The molecule has 0 aliphatic rings. The first kappa shape index (κ1) is 14.3. The maximum atomic E-state index is 13.6. The standard InChI is InChI=1S/C13H9BrF2N2O2/c14-7-4-12(9(16)5-8(7)15)18-11-2-1-6(13(19)20)3-10(11)17/h1-5,18H,17H2,(H,19,20). The Morgan fingerprint density at radius 1 is 1.15 bits per heavy atom. The number of carbonyl (C=O) groups is 1. The molecule has 0 spiro atoms. The lowest BCUT2D eigenvalue weighted by atomic mass is 10.1. The molecule has 0 saturated heterocycles. The summed E-state index contributed by atoms with van der Waals surface area (Å²) in [6.45, 7) is 0. The van der Waals surface area contributed by atoms with Crippen LogP contribution in [-0.2, 0) is 0 Å². The molecule has 0 radical (unpaired) electrons. The van der Waals surface area contributed by atoms with E-state index in [4.69, 9.17) is 10.8 Å². The highest BCUT2D eigenvalue weighted by molar-refractivity contribution is 9.10. The molecular weight excluding hydrogens is 334 g/mol. The highest BCUT2D eigenvalue weighted by Crippen LogP contribution is 2.29. The number of nitrogens with two attached hydrogens (primary N) is 1. The van der Waals surface area contributed by atoms with Crippen LogP contribution in [0.15, 0.2) is 34.8 Å². The molecule has 2 aromatic carbocycles. The van der Waals surface area contributed by atoms with Crippen molar-refractivity contribution < 1.29 is 18.7 Å². The number of hydrogen-bond acceptors (Lipinski definition) is 3. The summed E-state index contributed by atoms with van der Waals surface area (Å²) in [6, 6.07) is 5.96. The summed E-state index contributed by atoms with van der Waals surface area (Å²) in [5.41, 5.74) is 6.20. The molecule has 2 aromatic rings. The second-order valence-corrected chi connectivity index (χ2v) is 4.83. The lowest BCUT2D eigenvalue weighted by molar-refractivity contribution is 0.0697. The Morgan fingerprint density at radius 2 is 1.85 bits per heavy atom. The van der Waals surface area contributed by atoms with Crippen molar-refractivity contribution in [3.63, 3.8) is 0 Å². The van der Waals surface area contributed by atoms with Gasteiger partial charge in [-0.2, -0.15) is 0 Å². The van der Waals surface area contributed by atoms with Crippen LogP contribution in [0.3, 0.4) is 0 Å². The van der Waals surface area contributed by atoms with E-state index in [-0.39, 0.29) is 21.4 Å². The van der Waals surface area contributed by atoms with Crippen molar-refractivity contribution in [1.82, 2.24) is 0 Å². The number of halogens is 3. The molecule has 7 heteroatoms. The second-order valence-electron chi connectivity index (χ2n) is 3.98.